The highest BCUT2D eigenvalue weighted by atomic mass is 35.5. The van der Waals surface area contributed by atoms with E-state index >= 15 is 24.0 Å². The first-order chi connectivity index (χ1) is 50.5. The first-order valence-electron chi connectivity index (χ1n) is 34.7. The normalized spacial score (nSPS) is 24.2. The van der Waals surface area contributed by atoms with Gasteiger partial charge < -0.3 is 112 Å². The molecule has 34 heteroatoms. The van der Waals surface area contributed by atoms with Crippen LogP contribution < -0.4 is 56.7 Å². The lowest BCUT2D eigenvalue weighted by molar-refractivity contribution is -0.277. The second kappa shape index (κ2) is 34.4. The number of likely N-dealkylation sites (N-methyl/N-ethyl adjacent to an activating group) is 1. The van der Waals surface area contributed by atoms with Crippen LogP contribution in [0.5, 0.6) is 46.0 Å². The van der Waals surface area contributed by atoms with Crippen molar-refractivity contribution >= 4 is 76.6 Å². The number of aliphatic hydroxyl groups excluding tert-OH is 6. The van der Waals surface area contributed by atoms with Gasteiger partial charge in [-0.15, -0.1) is 0 Å². The quantitative estimate of drug-likeness (QED) is 0.0581. The van der Waals surface area contributed by atoms with Crippen LogP contribution in [0.2, 0.25) is 10.0 Å². The molecule has 0 aromatic heterocycles. The summed E-state index contributed by atoms with van der Waals surface area (Å²) in [4.78, 5) is 137. The maximum Gasteiger partial charge on any atom is 0.410 e. The van der Waals surface area contributed by atoms with Crippen molar-refractivity contribution in [3.63, 3.8) is 0 Å². The van der Waals surface area contributed by atoms with Crippen molar-refractivity contribution in [1.82, 2.24) is 47.4 Å². The third-order valence-corrected chi connectivity index (χ3v) is 18.5. The summed E-state index contributed by atoms with van der Waals surface area (Å²) in [5.41, 5.74) is -3.35. The molecule has 11 bridgehead atoms. The fraction of sp³-hybridized carbons (Fsp3) is 0.466. The van der Waals surface area contributed by atoms with E-state index in [1.807, 2.05) is 6.92 Å². The molecule has 1 fully saturated rings. The topological polar surface area (TPSA) is 481 Å². The van der Waals surface area contributed by atoms with Crippen LogP contribution in [0.15, 0.2) is 78.9 Å². The Labute approximate surface area is 624 Å². The molecular formula is C73H89Cl2N9O23. The van der Waals surface area contributed by atoms with Crippen LogP contribution in [0.25, 0.3) is 11.1 Å². The van der Waals surface area contributed by atoms with Crippen molar-refractivity contribution < 1.29 is 113 Å². The van der Waals surface area contributed by atoms with Crippen molar-refractivity contribution in [1.29, 1.82) is 0 Å². The van der Waals surface area contributed by atoms with Gasteiger partial charge in [-0.1, -0.05) is 81.4 Å². The molecule has 6 aliphatic heterocycles. The van der Waals surface area contributed by atoms with Crippen LogP contribution >= 0.6 is 23.2 Å². The number of aliphatic hydroxyl groups is 6. The SMILES string of the molecule is CCCCCCNC(=O)CC1NC(=O)C(NC(=O)[C@@H](CC(C)C)N(C)C(=O)OC(C)(C)C)[C@H](O)c2ccc(c(Cl)c2)Oc2cc3cc(c2O[C@H]2O[C@H](CO)[C@@H](O)[C@H](O)[C@H]2O)Oc2ccc(cc2Cl)[C@@H](O)[C@@H]2NC(=O)[C@H](NC(=O)C3NC1=O)c1ccc(O)c(c1)-c1c(O)cc(O)cc1[C@H](C(=O)NC(C)C)NC2=O. The molecule has 3 unspecified atom stereocenters. The zero-order valence-corrected chi connectivity index (χ0v) is 61.4. The van der Waals surface area contributed by atoms with E-state index in [2.05, 4.69) is 42.5 Å². The molecule has 107 heavy (non-hydrogen) atoms. The number of unbranched alkanes of at least 4 members (excludes halogenated alkanes) is 3. The van der Waals surface area contributed by atoms with Gasteiger partial charge in [0.1, 0.15) is 113 Å². The molecule has 14 atom stereocenters. The van der Waals surface area contributed by atoms with Gasteiger partial charge in [0.05, 0.1) is 23.1 Å². The Morgan fingerprint density at radius 1 is 0.654 bits per heavy atom. The van der Waals surface area contributed by atoms with Crippen molar-refractivity contribution in [2.24, 2.45) is 5.92 Å². The molecule has 0 saturated carbocycles. The molecule has 17 N–H and O–H groups in total. The van der Waals surface area contributed by atoms with Gasteiger partial charge in [-0.3, -0.25) is 43.3 Å². The van der Waals surface area contributed by atoms with Gasteiger partial charge in [0.15, 0.2) is 11.5 Å². The number of phenols is 3. The molecule has 0 radical (unpaired) electrons. The van der Waals surface area contributed by atoms with Crippen molar-refractivity contribution in [3.8, 4) is 57.1 Å². The number of carbonyl (C=O) groups is 9. The van der Waals surface area contributed by atoms with Crippen molar-refractivity contribution in [2.75, 3.05) is 20.2 Å². The minimum atomic E-state index is -2.33. The highest BCUT2D eigenvalue weighted by Crippen LogP contribution is 2.49. The summed E-state index contributed by atoms with van der Waals surface area (Å²) >= 11 is 14.2. The summed E-state index contributed by atoms with van der Waals surface area (Å²) in [5, 5.41) is 123. The molecule has 5 aromatic carbocycles. The number of hydrogen-bond donors (Lipinski definition) is 17. The Morgan fingerprint density at radius 3 is 1.86 bits per heavy atom. The van der Waals surface area contributed by atoms with Gasteiger partial charge in [0, 0.05) is 36.8 Å². The molecule has 11 rings (SSSR count). The first-order valence-corrected chi connectivity index (χ1v) is 35.4. The number of halogens is 2. The maximum absolute atomic E-state index is 16.2. The standard InChI is InChI=1S/C73H89Cl2N9O23/c1-10-11-12-13-20-76-51(89)29-42-64(95)79-54-36-25-48(103-46-18-15-34(23-40(46)74)58(90)56(69(100)78-42)82-65(96)43(21-31(2)3)84(9)72(102)107-73(6,7)8)63(106-71-62(94)61(93)60(92)50(30-85)105-71)49(26-36)104-47-19-16-35(24-41(47)75)59(91)57-70(101)81-55(68(99)77-32(4)5)39-27-37(86)28-45(88)52(39)38-22-33(14-17-44(38)87)53(66(97)83-57)80-67(54)98/h14-19,22-28,31-32,42-43,50,53-62,71,85-88,90-94H,10-13,20-21,29-30H2,1-9H3,(H,76,89)(H,77,99)(H,78,100)(H,79,95)(H,80,98)(H,81,101)(H,82,96)(H,83,97)/t42?,43-,50-,53-,54?,55-,56?,57+,58-,59-,60-,61+,62-,71-/m1/s1. The number of phenolic OH excluding ortho intramolecular Hbond substituents is 3. The van der Waals surface area contributed by atoms with Crippen LogP contribution in [-0.2, 0) is 47.8 Å². The summed E-state index contributed by atoms with van der Waals surface area (Å²) in [6.45, 7) is 12.6. The van der Waals surface area contributed by atoms with Gasteiger partial charge in [0.2, 0.25) is 59.3 Å². The third-order valence-electron chi connectivity index (χ3n) is 18.0. The molecule has 5 aromatic rings. The molecule has 0 aliphatic carbocycles. The van der Waals surface area contributed by atoms with E-state index < -0.39 is 214 Å². The highest BCUT2D eigenvalue weighted by Gasteiger charge is 2.47. The summed E-state index contributed by atoms with van der Waals surface area (Å²) < 4.78 is 30.9. The Balaban J connectivity index is 1.31. The third kappa shape index (κ3) is 19.2. The average molecular weight is 1530 g/mol. The fourth-order valence-corrected chi connectivity index (χ4v) is 12.9. The largest absolute Gasteiger partial charge is 0.508 e. The van der Waals surface area contributed by atoms with Gasteiger partial charge in [0.25, 0.3) is 0 Å². The molecule has 6 heterocycles. The zero-order chi connectivity index (χ0) is 78.4. The van der Waals surface area contributed by atoms with Gasteiger partial charge in [-0.25, -0.2) is 4.79 Å². The Morgan fingerprint density at radius 2 is 1.26 bits per heavy atom. The van der Waals surface area contributed by atoms with E-state index in [0.29, 0.717) is 12.8 Å². The lowest BCUT2D eigenvalue weighted by atomic mass is 9.89. The number of amides is 9. The minimum Gasteiger partial charge on any atom is -0.508 e. The van der Waals surface area contributed by atoms with Gasteiger partial charge >= 0.3 is 6.09 Å². The minimum absolute atomic E-state index is 0.0403. The fourth-order valence-electron chi connectivity index (χ4n) is 12.5. The molecule has 9 amide bonds. The van der Waals surface area contributed by atoms with E-state index in [4.69, 9.17) is 46.9 Å². The maximum atomic E-state index is 16.2. The number of carbonyl (C=O) groups excluding carboxylic acids is 9. The number of nitrogens with one attached hydrogen (secondary N) is 8. The van der Waals surface area contributed by atoms with E-state index in [9.17, 15) is 65.1 Å². The molecular weight excluding hydrogens is 1440 g/mol. The summed E-state index contributed by atoms with van der Waals surface area (Å²) in [6.07, 6.45) is -13.4. The predicted molar refractivity (Wildman–Crippen MR) is 381 cm³/mol. The number of benzene rings is 5. The predicted octanol–water partition coefficient (Wildman–Crippen LogP) is 4.17. The van der Waals surface area contributed by atoms with Crippen molar-refractivity contribution in [3.05, 3.63) is 117 Å². The Hall–Kier alpha value is -9.77. The summed E-state index contributed by atoms with van der Waals surface area (Å²) in [6, 6.07) is -0.797. The average Bonchev–Trinajstić information content (AvgIpc) is 0.768. The van der Waals surface area contributed by atoms with Crippen LogP contribution in [-0.4, -0.2) is 191 Å². The van der Waals surface area contributed by atoms with Crippen LogP contribution in [0.3, 0.4) is 0 Å². The second-order valence-electron chi connectivity index (χ2n) is 28.2. The van der Waals surface area contributed by atoms with Crippen LogP contribution in [0, 0.1) is 5.92 Å². The van der Waals surface area contributed by atoms with Crippen LogP contribution in [0.4, 0.5) is 4.79 Å². The summed E-state index contributed by atoms with van der Waals surface area (Å²) in [5.74, 6) is -14.6. The number of aromatic hydroxyl groups is 3. The second-order valence-corrected chi connectivity index (χ2v) is 29.0. The lowest BCUT2D eigenvalue weighted by Gasteiger charge is -2.39. The van der Waals surface area contributed by atoms with Gasteiger partial charge in [-0.2, -0.15) is 0 Å². The molecule has 0 spiro atoms. The van der Waals surface area contributed by atoms with E-state index in [0.717, 1.165) is 78.4 Å². The Bertz CT molecular complexity index is 4200. The van der Waals surface area contributed by atoms with E-state index in [1.165, 1.54) is 25.2 Å². The van der Waals surface area contributed by atoms with Crippen LogP contribution in [0.1, 0.15) is 152 Å². The Kier molecular flexibility index (Phi) is 26.2. The summed E-state index contributed by atoms with van der Waals surface area (Å²) in [7, 11) is 1.29. The molecule has 32 nitrogen and oxygen atoms in total. The molecule has 578 valence electrons. The monoisotopic (exact) mass is 1530 g/mol. The molecule has 1 saturated heterocycles. The number of nitrogens with zero attached hydrogens (tertiary/aromatic N) is 1. The number of hydrogen-bond acceptors (Lipinski definition) is 23. The number of rotatable bonds is 17. The van der Waals surface area contributed by atoms with E-state index in [1.54, 1.807) is 48.5 Å². The van der Waals surface area contributed by atoms with Gasteiger partial charge in [-0.05, 0) is 136 Å². The zero-order valence-electron chi connectivity index (χ0n) is 59.8. The first kappa shape index (κ1) is 81.3. The lowest BCUT2D eigenvalue weighted by Crippen LogP contribution is -2.60. The molecule has 6 aliphatic rings. The smallest absolute Gasteiger partial charge is 0.410 e. The highest BCUT2D eigenvalue weighted by molar-refractivity contribution is 6.32. The van der Waals surface area contributed by atoms with Crippen molar-refractivity contribution in [2.45, 2.75) is 191 Å². The number of fused-ring (bicyclic) bond motifs is 15. The number of ether oxygens (including phenoxy) is 5. The van der Waals surface area contributed by atoms with E-state index in [-0.39, 0.29) is 63.2 Å².